The fourth-order valence-corrected chi connectivity index (χ4v) is 4.07. The van der Waals surface area contributed by atoms with E-state index in [2.05, 4.69) is 5.32 Å². The van der Waals surface area contributed by atoms with Gasteiger partial charge in [-0.2, -0.15) is 0 Å². The summed E-state index contributed by atoms with van der Waals surface area (Å²) >= 11 is 0. The molecule has 2 aliphatic heterocycles. The van der Waals surface area contributed by atoms with E-state index in [4.69, 9.17) is 14.2 Å². The topological polar surface area (TPSA) is 120 Å². The van der Waals surface area contributed by atoms with Crippen LogP contribution < -0.4 is 5.32 Å². The molecule has 0 bridgehead atoms. The second-order valence-corrected chi connectivity index (χ2v) is 8.73. The molecule has 3 unspecified atom stereocenters. The van der Waals surface area contributed by atoms with Crippen molar-refractivity contribution in [2.45, 2.75) is 57.6 Å². The van der Waals surface area contributed by atoms with Gasteiger partial charge in [0, 0.05) is 28.9 Å². The zero-order valence-corrected chi connectivity index (χ0v) is 17.7. The van der Waals surface area contributed by atoms with E-state index in [1.807, 2.05) is 13.0 Å². The Hall–Kier alpha value is -2.75. The van der Waals surface area contributed by atoms with Crippen LogP contribution in [0.3, 0.4) is 0 Å². The van der Waals surface area contributed by atoms with Crippen LogP contribution in [0.2, 0.25) is 0 Å². The number of hydrogen-bond donors (Lipinski definition) is 2. The maximum absolute atomic E-state index is 13.1. The molecule has 1 aromatic rings. The van der Waals surface area contributed by atoms with E-state index in [9.17, 15) is 20.0 Å². The van der Waals surface area contributed by atoms with Crippen molar-refractivity contribution in [1.82, 2.24) is 5.32 Å². The summed E-state index contributed by atoms with van der Waals surface area (Å²) < 4.78 is 17.1. The van der Waals surface area contributed by atoms with E-state index in [0.29, 0.717) is 23.3 Å². The van der Waals surface area contributed by atoms with E-state index in [0.717, 1.165) is 11.1 Å². The van der Waals surface area contributed by atoms with Crippen LogP contribution >= 0.6 is 0 Å². The van der Waals surface area contributed by atoms with E-state index >= 15 is 0 Å². The average Bonchev–Trinajstić information content (AvgIpc) is 3.18. The molecule has 2 fully saturated rings. The number of nitrogens with zero attached hydrogens (tertiary/aromatic N) is 1. The highest BCUT2D eigenvalue weighted by Crippen LogP contribution is 2.43. The highest BCUT2D eigenvalue weighted by atomic mass is 16.8. The van der Waals surface area contributed by atoms with E-state index < -0.39 is 23.8 Å². The molecule has 0 saturated carbocycles. The van der Waals surface area contributed by atoms with Gasteiger partial charge in [0.05, 0.1) is 17.7 Å². The zero-order valence-electron chi connectivity index (χ0n) is 17.7. The fraction of sp³-hybridized carbons (Fsp3) is 0.500. The Morgan fingerprint density at radius 2 is 2.13 bits per heavy atom. The summed E-state index contributed by atoms with van der Waals surface area (Å²) in [6, 6.07) is 4.14. The lowest BCUT2D eigenvalue weighted by atomic mass is 9.82. The van der Waals surface area contributed by atoms with Gasteiger partial charge in [0.1, 0.15) is 11.9 Å². The van der Waals surface area contributed by atoms with Crippen LogP contribution in [0, 0.1) is 17.0 Å². The summed E-state index contributed by atoms with van der Waals surface area (Å²) in [4.78, 5) is 24.7. The van der Waals surface area contributed by atoms with Crippen molar-refractivity contribution in [2.75, 3.05) is 13.4 Å². The third kappa shape index (κ3) is 4.08. The van der Waals surface area contributed by atoms with E-state index in [-0.39, 0.29) is 36.4 Å². The molecular weight excluding hydrogens is 404 g/mol. The standard InChI is InChI=1S/C22H26N2O7/c1-12-4-6-14(20(26)23-22(2,3)10-25)15(8-12)18-16(24(27)28)7-5-13-9-17-21(30-11-29-17)31-19(13)18/h4-6,8,16-17,21,25H,7,9-11H2,1-3H3,(H,23,26). The molecule has 166 valence electrons. The summed E-state index contributed by atoms with van der Waals surface area (Å²) in [5.74, 6) is -0.0322. The minimum atomic E-state index is -1.06. The number of nitro groups is 1. The molecule has 1 aliphatic carbocycles. The lowest BCUT2D eigenvalue weighted by Gasteiger charge is -2.33. The Kier molecular flexibility index (Phi) is 5.59. The molecular formula is C22H26N2O7. The van der Waals surface area contributed by atoms with Crippen molar-refractivity contribution in [2.24, 2.45) is 0 Å². The minimum absolute atomic E-state index is 0.109. The molecule has 9 nitrogen and oxygen atoms in total. The van der Waals surface area contributed by atoms with Crippen LogP contribution in [0.25, 0.3) is 5.57 Å². The number of aryl methyl sites for hydroxylation is 1. The number of aliphatic hydroxyl groups is 1. The zero-order chi connectivity index (χ0) is 22.3. The molecule has 1 amide bonds. The van der Waals surface area contributed by atoms with Gasteiger partial charge < -0.3 is 24.6 Å². The van der Waals surface area contributed by atoms with Crippen LogP contribution in [0.5, 0.6) is 0 Å². The number of carbonyl (C=O) groups is 1. The largest absolute Gasteiger partial charge is 0.461 e. The normalized spacial score (nSPS) is 25.3. The van der Waals surface area contributed by atoms with Gasteiger partial charge in [-0.3, -0.25) is 14.9 Å². The molecule has 2 saturated heterocycles. The summed E-state index contributed by atoms with van der Waals surface area (Å²) in [5.41, 5.74) is 1.94. The van der Waals surface area contributed by atoms with Crippen molar-refractivity contribution in [3.05, 3.63) is 62.4 Å². The van der Waals surface area contributed by atoms with Crippen molar-refractivity contribution in [3.8, 4) is 0 Å². The highest BCUT2D eigenvalue weighted by Gasteiger charge is 2.44. The second kappa shape index (κ2) is 8.07. The van der Waals surface area contributed by atoms with Crippen LogP contribution in [-0.2, 0) is 14.2 Å². The summed E-state index contributed by atoms with van der Waals surface area (Å²) in [6.45, 7) is 5.12. The fourth-order valence-electron chi connectivity index (χ4n) is 4.07. The first-order valence-corrected chi connectivity index (χ1v) is 10.2. The highest BCUT2D eigenvalue weighted by molar-refractivity contribution is 6.00. The number of amides is 1. The lowest BCUT2D eigenvalue weighted by Crippen LogP contribution is -2.46. The number of allylic oxidation sites excluding steroid dienone is 1. The van der Waals surface area contributed by atoms with E-state index in [1.165, 1.54) is 0 Å². The minimum Gasteiger partial charge on any atom is -0.461 e. The molecule has 0 radical (unpaired) electrons. The third-order valence-corrected chi connectivity index (χ3v) is 5.74. The smallest absolute Gasteiger partial charge is 0.252 e. The quantitative estimate of drug-likeness (QED) is 0.543. The molecule has 2 N–H and O–H groups in total. The molecule has 31 heavy (non-hydrogen) atoms. The Labute approximate surface area is 179 Å². The van der Waals surface area contributed by atoms with Crippen molar-refractivity contribution < 1.29 is 29.0 Å². The predicted molar refractivity (Wildman–Crippen MR) is 111 cm³/mol. The van der Waals surface area contributed by atoms with Gasteiger partial charge in [-0.15, -0.1) is 0 Å². The van der Waals surface area contributed by atoms with Gasteiger partial charge in [-0.1, -0.05) is 23.8 Å². The van der Waals surface area contributed by atoms with Crippen molar-refractivity contribution in [1.29, 1.82) is 0 Å². The first kappa shape index (κ1) is 21.5. The number of fused-ring (bicyclic) bond motifs is 2. The summed E-state index contributed by atoms with van der Waals surface area (Å²) in [6.07, 6.45) is 1.64. The summed E-state index contributed by atoms with van der Waals surface area (Å²) in [5, 5.41) is 24.3. The molecule has 0 aromatic heterocycles. The Balaban J connectivity index is 1.85. The number of ether oxygens (including phenoxy) is 3. The van der Waals surface area contributed by atoms with Gasteiger partial charge in [0.2, 0.25) is 12.3 Å². The van der Waals surface area contributed by atoms with Gasteiger partial charge in [0.15, 0.2) is 6.79 Å². The molecule has 1 aromatic carbocycles. The maximum Gasteiger partial charge on any atom is 0.252 e. The SMILES string of the molecule is Cc1ccc(C(=O)NC(C)(C)CO)c(C2=C3OC4OCOC4CC3=CCC2[N+](=O)[O-])c1. The van der Waals surface area contributed by atoms with Gasteiger partial charge in [0.25, 0.3) is 5.91 Å². The number of nitrogens with one attached hydrogen (secondary N) is 1. The average molecular weight is 430 g/mol. The molecule has 3 atom stereocenters. The monoisotopic (exact) mass is 430 g/mol. The number of benzene rings is 1. The predicted octanol–water partition coefficient (Wildman–Crippen LogP) is 2.30. The van der Waals surface area contributed by atoms with Crippen molar-refractivity contribution in [3.63, 3.8) is 0 Å². The molecule has 4 rings (SSSR count). The van der Waals surface area contributed by atoms with Gasteiger partial charge in [-0.25, -0.2) is 0 Å². The first-order valence-electron chi connectivity index (χ1n) is 10.2. The van der Waals surface area contributed by atoms with Crippen molar-refractivity contribution >= 4 is 11.5 Å². The Bertz CT molecular complexity index is 982. The number of aliphatic hydroxyl groups excluding tert-OH is 1. The number of rotatable bonds is 5. The Morgan fingerprint density at radius 3 is 2.84 bits per heavy atom. The maximum atomic E-state index is 13.1. The number of hydrogen-bond acceptors (Lipinski definition) is 7. The van der Waals surface area contributed by atoms with Crippen LogP contribution in [0.15, 0.2) is 35.6 Å². The Morgan fingerprint density at radius 1 is 1.35 bits per heavy atom. The second-order valence-electron chi connectivity index (χ2n) is 8.73. The molecule has 3 aliphatic rings. The first-order chi connectivity index (χ1) is 14.7. The number of carbonyl (C=O) groups excluding carboxylic acids is 1. The molecule has 9 heteroatoms. The van der Waals surface area contributed by atoms with Gasteiger partial charge in [-0.05, 0) is 32.4 Å². The third-order valence-electron chi connectivity index (χ3n) is 5.74. The summed E-state index contributed by atoms with van der Waals surface area (Å²) in [7, 11) is 0. The van der Waals surface area contributed by atoms with Crippen LogP contribution in [-0.4, -0.2) is 53.3 Å². The van der Waals surface area contributed by atoms with Gasteiger partial charge >= 0.3 is 0 Å². The van der Waals surface area contributed by atoms with Crippen LogP contribution in [0.1, 0.15) is 48.2 Å². The van der Waals surface area contributed by atoms with E-state index in [1.54, 1.807) is 32.0 Å². The van der Waals surface area contributed by atoms with Crippen LogP contribution in [0.4, 0.5) is 0 Å². The molecule has 2 heterocycles. The molecule has 0 spiro atoms. The lowest BCUT2D eigenvalue weighted by molar-refractivity contribution is -0.505.